The van der Waals surface area contributed by atoms with E-state index < -0.39 is 5.97 Å². The van der Waals surface area contributed by atoms with Crippen molar-refractivity contribution >= 4 is 21.9 Å². The molecular weight excluding hydrogens is 262 g/mol. The Bertz CT molecular complexity index is 490. The summed E-state index contributed by atoms with van der Waals surface area (Å²) in [7, 11) is 0. The summed E-state index contributed by atoms with van der Waals surface area (Å²) in [5.74, 6) is -0.823. The summed E-state index contributed by atoms with van der Waals surface area (Å²) in [6.07, 6.45) is 1.13. The zero-order chi connectivity index (χ0) is 10.8. The van der Waals surface area contributed by atoms with Crippen LogP contribution in [0.5, 0.6) is 0 Å². The number of oxazole rings is 1. The lowest BCUT2D eigenvalue weighted by Gasteiger charge is -1.97. The van der Waals surface area contributed by atoms with E-state index in [2.05, 4.69) is 20.9 Å². The fourth-order valence-corrected chi connectivity index (χ4v) is 1.47. The summed E-state index contributed by atoms with van der Waals surface area (Å²) in [6.45, 7) is 0. The van der Waals surface area contributed by atoms with Crippen LogP contribution in [0.1, 0.15) is 10.5 Å². The molecule has 0 atom stereocenters. The van der Waals surface area contributed by atoms with Crippen molar-refractivity contribution in [2.24, 2.45) is 0 Å². The molecule has 1 heterocycles. The highest BCUT2D eigenvalue weighted by molar-refractivity contribution is 9.10. The van der Waals surface area contributed by atoms with Gasteiger partial charge in [0, 0.05) is 10.0 Å². The maximum atomic E-state index is 10.8. The van der Waals surface area contributed by atoms with Crippen LogP contribution in [0.15, 0.2) is 39.5 Å². The average molecular weight is 268 g/mol. The molecule has 15 heavy (non-hydrogen) atoms. The second-order valence-electron chi connectivity index (χ2n) is 2.84. The molecule has 2 rings (SSSR count). The zero-order valence-electron chi connectivity index (χ0n) is 7.48. The summed E-state index contributed by atoms with van der Waals surface area (Å²) in [4.78, 5) is 14.4. The Balaban J connectivity index is 2.49. The van der Waals surface area contributed by atoms with Crippen LogP contribution >= 0.6 is 15.9 Å². The lowest BCUT2D eigenvalue weighted by molar-refractivity contribution is 0.0691. The molecule has 0 aliphatic heterocycles. The minimum Gasteiger partial charge on any atom is -0.476 e. The van der Waals surface area contributed by atoms with Crippen molar-refractivity contribution in [1.82, 2.24) is 4.98 Å². The SMILES string of the molecule is O=C(O)c1ncoc1-c1ccc(Br)cc1. The topological polar surface area (TPSA) is 63.3 Å². The Labute approximate surface area is 93.7 Å². The molecule has 0 saturated heterocycles. The van der Waals surface area contributed by atoms with Crippen LogP contribution in [-0.2, 0) is 0 Å². The van der Waals surface area contributed by atoms with Gasteiger partial charge in [-0.3, -0.25) is 0 Å². The molecule has 1 N–H and O–H groups in total. The van der Waals surface area contributed by atoms with Gasteiger partial charge in [-0.2, -0.15) is 0 Å². The van der Waals surface area contributed by atoms with E-state index in [-0.39, 0.29) is 11.5 Å². The first-order valence-corrected chi connectivity index (χ1v) is 4.90. The molecule has 4 nitrogen and oxygen atoms in total. The average Bonchev–Trinajstić information content (AvgIpc) is 2.67. The van der Waals surface area contributed by atoms with Gasteiger partial charge in [-0.1, -0.05) is 28.1 Å². The minimum absolute atomic E-state index is 0.0719. The van der Waals surface area contributed by atoms with Crippen LogP contribution in [0.4, 0.5) is 0 Å². The van der Waals surface area contributed by atoms with Gasteiger partial charge in [0.25, 0.3) is 0 Å². The number of halogens is 1. The number of rotatable bonds is 2. The number of hydrogen-bond acceptors (Lipinski definition) is 3. The molecule has 5 heteroatoms. The molecule has 0 amide bonds. The number of nitrogens with zero attached hydrogens (tertiary/aromatic N) is 1. The van der Waals surface area contributed by atoms with Gasteiger partial charge in [0.1, 0.15) is 0 Å². The van der Waals surface area contributed by atoms with Gasteiger partial charge in [0.2, 0.25) is 0 Å². The Hall–Kier alpha value is -1.62. The van der Waals surface area contributed by atoms with Crippen LogP contribution in [0, 0.1) is 0 Å². The third kappa shape index (κ3) is 1.92. The third-order valence-corrected chi connectivity index (χ3v) is 2.41. The molecule has 0 aliphatic carbocycles. The lowest BCUT2D eigenvalue weighted by Crippen LogP contribution is -1.98. The van der Waals surface area contributed by atoms with Crippen molar-refractivity contribution in [2.75, 3.05) is 0 Å². The summed E-state index contributed by atoms with van der Waals surface area (Å²) in [6, 6.07) is 7.14. The third-order valence-electron chi connectivity index (χ3n) is 1.88. The number of aromatic nitrogens is 1. The molecule has 0 bridgehead atoms. The zero-order valence-corrected chi connectivity index (χ0v) is 9.06. The molecule has 0 fully saturated rings. The number of hydrogen-bond donors (Lipinski definition) is 1. The molecule has 0 unspecified atom stereocenters. The predicted molar refractivity (Wildman–Crippen MR) is 56.6 cm³/mol. The van der Waals surface area contributed by atoms with E-state index >= 15 is 0 Å². The Morgan fingerprint density at radius 1 is 1.33 bits per heavy atom. The predicted octanol–water partition coefficient (Wildman–Crippen LogP) is 2.80. The molecule has 0 radical (unpaired) electrons. The first-order chi connectivity index (χ1) is 7.18. The van der Waals surface area contributed by atoms with Crippen LogP contribution in [0.2, 0.25) is 0 Å². The van der Waals surface area contributed by atoms with Crippen molar-refractivity contribution in [3.63, 3.8) is 0 Å². The van der Waals surface area contributed by atoms with Crippen LogP contribution < -0.4 is 0 Å². The van der Waals surface area contributed by atoms with Gasteiger partial charge in [-0.05, 0) is 12.1 Å². The van der Waals surface area contributed by atoms with E-state index in [9.17, 15) is 4.79 Å². The molecule has 0 aliphatic rings. The van der Waals surface area contributed by atoms with E-state index in [1.54, 1.807) is 12.1 Å². The van der Waals surface area contributed by atoms with Crippen molar-refractivity contribution in [3.05, 3.63) is 40.8 Å². The summed E-state index contributed by atoms with van der Waals surface area (Å²) in [5.41, 5.74) is 0.616. The molecule has 2 aromatic rings. The first-order valence-electron chi connectivity index (χ1n) is 4.11. The minimum atomic E-state index is -1.10. The quantitative estimate of drug-likeness (QED) is 0.909. The maximum absolute atomic E-state index is 10.8. The van der Waals surface area contributed by atoms with E-state index in [4.69, 9.17) is 9.52 Å². The number of benzene rings is 1. The van der Waals surface area contributed by atoms with Gasteiger partial charge in [0.15, 0.2) is 17.8 Å². The Morgan fingerprint density at radius 2 is 2.00 bits per heavy atom. The van der Waals surface area contributed by atoms with Crippen LogP contribution in [-0.4, -0.2) is 16.1 Å². The fraction of sp³-hybridized carbons (Fsp3) is 0. The van der Waals surface area contributed by atoms with Crippen molar-refractivity contribution in [3.8, 4) is 11.3 Å². The van der Waals surface area contributed by atoms with E-state index in [0.29, 0.717) is 5.56 Å². The highest BCUT2D eigenvalue weighted by atomic mass is 79.9. The van der Waals surface area contributed by atoms with Crippen LogP contribution in [0.3, 0.4) is 0 Å². The van der Waals surface area contributed by atoms with Gasteiger partial charge < -0.3 is 9.52 Å². The van der Waals surface area contributed by atoms with Crippen molar-refractivity contribution < 1.29 is 14.3 Å². The molecular formula is C10H6BrNO3. The molecule has 0 spiro atoms. The van der Waals surface area contributed by atoms with E-state index in [0.717, 1.165) is 10.9 Å². The highest BCUT2D eigenvalue weighted by Crippen LogP contribution is 2.24. The number of carboxylic acids is 1. The molecule has 1 aromatic carbocycles. The lowest BCUT2D eigenvalue weighted by atomic mass is 10.1. The number of carbonyl (C=O) groups is 1. The molecule has 76 valence electrons. The smallest absolute Gasteiger partial charge is 0.358 e. The van der Waals surface area contributed by atoms with Gasteiger partial charge >= 0.3 is 5.97 Å². The van der Waals surface area contributed by atoms with Gasteiger partial charge in [-0.25, -0.2) is 9.78 Å². The van der Waals surface area contributed by atoms with Crippen LogP contribution in [0.25, 0.3) is 11.3 Å². The highest BCUT2D eigenvalue weighted by Gasteiger charge is 2.16. The Kier molecular flexibility index (Phi) is 2.55. The standard InChI is InChI=1S/C10H6BrNO3/c11-7-3-1-6(2-4-7)9-8(10(13)14)12-5-15-9/h1-5H,(H,13,14). The summed E-state index contributed by atoms with van der Waals surface area (Å²) < 4.78 is 5.96. The second kappa shape index (κ2) is 3.86. The van der Waals surface area contributed by atoms with Gasteiger partial charge in [0.05, 0.1) is 0 Å². The summed E-state index contributed by atoms with van der Waals surface area (Å²) in [5, 5.41) is 8.84. The molecule has 1 aromatic heterocycles. The van der Waals surface area contributed by atoms with Crippen molar-refractivity contribution in [1.29, 1.82) is 0 Å². The largest absolute Gasteiger partial charge is 0.476 e. The summed E-state index contributed by atoms with van der Waals surface area (Å²) >= 11 is 3.29. The first kappa shape index (κ1) is 9.92. The van der Waals surface area contributed by atoms with Gasteiger partial charge in [-0.15, -0.1) is 0 Å². The fourth-order valence-electron chi connectivity index (χ4n) is 1.20. The normalized spacial score (nSPS) is 10.2. The second-order valence-corrected chi connectivity index (χ2v) is 3.76. The monoisotopic (exact) mass is 267 g/mol. The van der Waals surface area contributed by atoms with E-state index in [1.807, 2.05) is 12.1 Å². The van der Waals surface area contributed by atoms with E-state index in [1.165, 1.54) is 0 Å². The number of aromatic carboxylic acids is 1. The maximum Gasteiger partial charge on any atom is 0.358 e. The number of carboxylic acid groups (broad SMARTS) is 1. The van der Waals surface area contributed by atoms with Crippen molar-refractivity contribution in [2.45, 2.75) is 0 Å². The molecule has 0 saturated carbocycles. The Morgan fingerprint density at radius 3 is 2.60 bits per heavy atom.